The Morgan fingerprint density at radius 3 is 2.88 bits per heavy atom. The normalized spacial score (nSPS) is 21.2. The molecule has 2 aliphatic rings. The first-order chi connectivity index (χ1) is 11.6. The van der Waals surface area contributed by atoms with Crippen molar-refractivity contribution in [1.29, 1.82) is 0 Å². The summed E-state index contributed by atoms with van der Waals surface area (Å²) in [7, 11) is 0. The molecule has 0 saturated carbocycles. The third-order valence-electron chi connectivity index (χ3n) is 4.33. The molecule has 5 rings (SSSR count). The van der Waals surface area contributed by atoms with Crippen molar-refractivity contribution >= 4 is 34.5 Å². The molecule has 0 saturated heterocycles. The number of anilines is 2. The molecule has 3 heterocycles. The molecular weight excluding hydrogens is 311 g/mol. The zero-order chi connectivity index (χ0) is 16.5. The molecule has 0 radical (unpaired) electrons. The van der Waals surface area contributed by atoms with Crippen LogP contribution < -0.4 is 16.4 Å². The molecule has 1 aromatic heterocycles. The fraction of sp³-hybridized carbons (Fsp3) is 0.0625. The number of nitrogens with zero attached hydrogens (tertiary/aromatic N) is 3. The second kappa shape index (κ2) is 4.10. The molecular formula is C16H11FN6O. The summed E-state index contributed by atoms with van der Waals surface area (Å²) in [5.74, 6) is -0.356. The Morgan fingerprint density at radius 1 is 1.17 bits per heavy atom. The number of aromatic nitrogens is 2. The van der Waals surface area contributed by atoms with Crippen molar-refractivity contribution in [2.75, 3.05) is 10.6 Å². The van der Waals surface area contributed by atoms with E-state index in [0.717, 1.165) is 5.52 Å². The number of nitrogens with two attached hydrogens (primary N) is 1. The lowest BCUT2D eigenvalue weighted by Gasteiger charge is -2.31. The molecule has 2 aliphatic heterocycles. The molecule has 7 nitrogen and oxygen atoms in total. The van der Waals surface area contributed by atoms with E-state index in [-0.39, 0.29) is 5.96 Å². The van der Waals surface area contributed by atoms with Crippen LogP contribution in [0.2, 0.25) is 0 Å². The number of carbonyl (C=O) groups excluding carboxylic acids is 1. The van der Waals surface area contributed by atoms with Gasteiger partial charge in [0.05, 0.1) is 16.7 Å². The van der Waals surface area contributed by atoms with E-state index in [2.05, 4.69) is 20.6 Å². The molecule has 118 valence electrons. The van der Waals surface area contributed by atoms with E-state index >= 15 is 0 Å². The number of halogens is 1. The Kier molecular flexibility index (Phi) is 2.23. The maximum atomic E-state index is 13.6. The number of rotatable bonds is 0. The third-order valence-corrected chi connectivity index (χ3v) is 4.33. The van der Waals surface area contributed by atoms with Gasteiger partial charge in [-0.2, -0.15) is 0 Å². The van der Waals surface area contributed by atoms with E-state index in [4.69, 9.17) is 5.73 Å². The van der Waals surface area contributed by atoms with Crippen LogP contribution >= 0.6 is 0 Å². The molecule has 1 atom stereocenters. The highest BCUT2D eigenvalue weighted by Gasteiger charge is 2.52. The molecule has 0 bridgehead atoms. The minimum Gasteiger partial charge on any atom is -0.370 e. The molecule has 1 amide bonds. The Balaban J connectivity index is 1.92. The highest BCUT2D eigenvalue weighted by Crippen LogP contribution is 2.45. The van der Waals surface area contributed by atoms with Gasteiger partial charge in [-0.15, -0.1) is 0 Å². The summed E-state index contributed by atoms with van der Waals surface area (Å²) in [5.41, 5.74) is 6.80. The van der Waals surface area contributed by atoms with Crippen LogP contribution in [0.25, 0.3) is 11.0 Å². The fourth-order valence-electron chi connectivity index (χ4n) is 3.39. The van der Waals surface area contributed by atoms with E-state index in [1.54, 1.807) is 10.6 Å². The molecule has 1 unspecified atom stereocenters. The largest absolute Gasteiger partial charge is 0.370 e. The molecule has 8 heteroatoms. The molecule has 3 aromatic rings. The lowest BCUT2D eigenvalue weighted by Crippen LogP contribution is -2.47. The average Bonchev–Trinajstić information content (AvgIpc) is 3.03. The Morgan fingerprint density at radius 2 is 2.00 bits per heavy atom. The first-order valence-electron chi connectivity index (χ1n) is 7.31. The predicted molar refractivity (Wildman–Crippen MR) is 87.1 cm³/mol. The zero-order valence-corrected chi connectivity index (χ0v) is 12.2. The van der Waals surface area contributed by atoms with Crippen LogP contribution in [0.3, 0.4) is 0 Å². The number of hydrogen-bond donors (Lipinski definition) is 3. The van der Waals surface area contributed by atoms with E-state index in [9.17, 15) is 9.18 Å². The van der Waals surface area contributed by atoms with Crippen LogP contribution in [0.4, 0.5) is 16.0 Å². The number of para-hydroxylation sites is 2. The van der Waals surface area contributed by atoms with Crippen LogP contribution in [-0.4, -0.2) is 21.4 Å². The minimum absolute atomic E-state index is 0.0742. The van der Waals surface area contributed by atoms with Gasteiger partial charge in [0.1, 0.15) is 5.82 Å². The van der Waals surface area contributed by atoms with Gasteiger partial charge in [-0.05, 0) is 30.3 Å². The van der Waals surface area contributed by atoms with Crippen LogP contribution in [-0.2, 0) is 10.5 Å². The Bertz CT molecular complexity index is 1070. The van der Waals surface area contributed by atoms with Crippen molar-refractivity contribution in [2.24, 2.45) is 10.7 Å². The van der Waals surface area contributed by atoms with Gasteiger partial charge in [0.15, 0.2) is 5.96 Å². The lowest BCUT2D eigenvalue weighted by atomic mass is 10.00. The summed E-state index contributed by atoms with van der Waals surface area (Å²) in [6, 6.07) is 11.5. The van der Waals surface area contributed by atoms with Gasteiger partial charge in [-0.1, -0.05) is 12.1 Å². The van der Waals surface area contributed by atoms with E-state index in [1.165, 1.54) is 12.1 Å². The SMILES string of the molecule is NC1=NC2(C(=O)Nc3cc(F)ccc32)n2c(nc3ccccc32)N1. The van der Waals surface area contributed by atoms with Crippen molar-refractivity contribution in [3.05, 3.63) is 53.8 Å². The number of aliphatic imine (C=N–C) groups is 1. The van der Waals surface area contributed by atoms with Gasteiger partial charge in [0, 0.05) is 5.56 Å². The lowest BCUT2D eigenvalue weighted by molar-refractivity contribution is -0.121. The first-order valence-corrected chi connectivity index (χ1v) is 7.31. The number of fused-ring (bicyclic) bond motifs is 6. The topological polar surface area (TPSA) is 97.3 Å². The number of nitrogens with one attached hydrogen (secondary N) is 2. The second-order valence-corrected chi connectivity index (χ2v) is 5.70. The van der Waals surface area contributed by atoms with Crippen molar-refractivity contribution in [1.82, 2.24) is 9.55 Å². The second-order valence-electron chi connectivity index (χ2n) is 5.70. The summed E-state index contributed by atoms with van der Waals surface area (Å²) < 4.78 is 15.3. The van der Waals surface area contributed by atoms with Crippen molar-refractivity contribution in [3.8, 4) is 0 Å². The highest BCUT2D eigenvalue weighted by molar-refractivity contribution is 6.10. The maximum absolute atomic E-state index is 13.6. The number of amides is 1. The van der Waals surface area contributed by atoms with Crippen molar-refractivity contribution < 1.29 is 9.18 Å². The fourth-order valence-corrected chi connectivity index (χ4v) is 3.39. The van der Waals surface area contributed by atoms with Gasteiger partial charge >= 0.3 is 0 Å². The molecule has 0 fully saturated rings. The van der Waals surface area contributed by atoms with Crippen molar-refractivity contribution in [2.45, 2.75) is 5.66 Å². The van der Waals surface area contributed by atoms with Gasteiger partial charge in [-0.25, -0.2) is 14.4 Å². The molecule has 2 aromatic carbocycles. The first kappa shape index (κ1) is 13.1. The average molecular weight is 322 g/mol. The van der Waals surface area contributed by atoms with E-state index in [1.807, 2.05) is 24.3 Å². The number of hydrogen-bond acceptors (Lipinski definition) is 5. The van der Waals surface area contributed by atoms with Crippen LogP contribution in [0.1, 0.15) is 5.56 Å². The quantitative estimate of drug-likeness (QED) is 0.585. The summed E-state index contributed by atoms with van der Waals surface area (Å²) in [6.45, 7) is 0. The van der Waals surface area contributed by atoms with E-state index < -0.39 is 17.4 Å². The minimum atomic E-state index is -1.44. The highest BCUT2D eigenvalue weighted by atomic mass is 19.1. The standard InChI is InChI=1S/C16H11FN6O/c17-8-5-6-9-11(7-8)19-13(24)16(9)22-14(18)21-15-20-10-3-1-2-4-12(10)23(15)16/h1-7H,(H,19,24)(H3,18,20,21,22). The van der Waals surface area contributed by atoms with Crippen LogP contribution in [0, 0.1) is 5.82 Å². The third kappa shape index (κ3) is 1.42. The monoisotopic (exact) mass is 322 g/mol. The molecule has 24 heavy (non-hydrogen) atoms. The van der Waals surface area contributed by atoms with E-state index in [0.29, 0.717) is 22.7 Å². The smallest absolute Gasteiger partial charge is 0.278 e. The summed E-state index contributed by atoms with van der Waals surface area (Å²) in [4.78, 5) is 21.8. The van der Waals surface area contributed by atoms with Crippen LogP contribution in [0.5, 0.6) is 0 Å². The van der Waals surface area contributed by atoms with Gasteiger partial charge < -0.3 is 11.1 Å². The summed E-state index contributed by atoms with van der Waals surface area (Å²) in [5, 5.41) is 5.59. The van der Waals surface area contributed by atoms with Gasteiger partial charge in [-0.3, -0.25) is 14.7 Å². The number of carbonyl (C=O) groups is 1. The maximum Gasteiger partial charge on any atom is 0.278 e. The Hall–Kier alpha value is -3.42. The number of guanidine groups is 1. The Labute approximate surface area is 135 Å². The van der Waals surface area contributed by atoms with Gasteiger partial charge in [0.2, 0.25) is 11.6 Å². The van der Waals surface area contributed by atoms with Gasteiger partial charge in [0.25, 0.3) is 5.91 Å². The molecule has 1 spiro atoms. The summed E-state index contributed by atoms with van der Waals surface area (Å²) in [6.07, 6.45) is 0. The summed E-state index contributed by atoms with van der Waals surface area (Å²) >= 11 is 0. The number of imidazole rings is 1. The van der Waals surface area contributed by atoms with Crippen LogP contribution in [0.15, 0.2) is 47.5 Å². The molecule has 4 N–H and O–H groups in total. The predicted octanol–water partition coefficient (Wildman–Crippen LogP) is 1.57. The van der Waals surface area contributed by atoms with Crippen molar-refractivity contribution in [3.63, 3.8) is 0 Å². The molecule has 0 aliphatic carbocycles. The zero-order valence-electron chi connectivity index (χ0n) is 12.2. The number of benzene rings is 2.